The van der Waals surface area contributed by atoms with E-state index >= 15 is 0 Å². The SMILES string of the molecule is COC(=O)[C@@H](c1ccccc1)c1ccc2ccccc2n1.O=C1N=Cc2ccc(Br)cc21. The first-order valence-corrected chi connectivity index (χ1v) is 10.7. The van der Waals surface area contributed by atoms with Crippen molar-refractivity contribution >= 4 is 44.9 Å². The lowest BCUT2D eigenvalue weighted by atomic mass is 9.95. The van der Waals surface area contributed by atoms with Gasteiger partial charge in [-0.15, -0.1) is 0 Å². The first-order valence-electron chi connectivity index (χ1n) is 9.93. The van der Waals surface area contributed by atoms with Gasteiger partial charge in [0.05, 0.1) is 23.9 Å². The van der Waals surface area contributed by atoms with E-state index in [4.69, 9.17) is 4.74 Å². The van der Waals surface area contributed by atoms with Crippen LogP contribution in [0, 0.1) is 0 Å². The van der Waals surface area contributed by atoms with Crippen LogP contribution in [0.4, 0.5) is 0 Å². The van der Waals surface area contributed by atoms with Crippen molar-refractivity contribution in [3.8, 4) is 0 Å². The molecule has 158 valence electrons. The van der Waals surface area contributed by atoms with Gasteiger partial charge < -0.3 is 4.74 Å². The lowest BCUT2D eigenvalue weighted by Crippen LogP contribution is -2.16. The average Bonchev–Trinajstić information content (AvgIpc) is 3.20. The van der Waals surface area contributed by atoms with Gasteiger partial charge in [-0.3, -0.25) is 14.6 Å². The topological polar surface area (TPSA) is 68.6 Å². The molecule has 32 heavy (non-hydrogen) atoms. The predicted molar refractivity (Wildman–Crippen MR) is 128 cm³/mol. The van der Waals surface area contributed by atoms with Crippen molar-refractivity contribution in [1.29, 1.82) is 0 Å². The molecule has 1 aliphatic heterocycles. The number of nitrogens with zero attached hydrogens (tertiary/aromatic N) is 2. The number of ether oxygens (including phenoxy) is 1. The fraction of sp³-hybridized carbons (Fsp3) is 0.0769. The molecule has 0 N–H and O–H groups in total. The van der Waals surface area contributed by atoms with Crippen LogP contribution in [0.2, 0.25) is 0 Å². The molecular formula is C26H19BrN2O3. The number of aliphatic imine (C=N–C) groups is 1. The van der Waals surface area contributed by atoms with Crippen LogP contribution in [0.15, 0.2) is 94.4 Å². The van der Waals surface area contributed by atoms with Crippen LogP contribution in [0.5, 0.6) is 0 Å². The van der Waals surface area contributed by atoms with E-state index in [-0.39, 0.29) is 11.9 Å². The number of amides is 1. The van der Waals surface area contributed by atoms with Crippen molar-refractivity contribution < 1.29 is 14.3 Å². The molecule has 0 saturated carbocycles. The maximum atomic E-state index is 12.2. The largest absolute Gasteiger partial charge is 0.468 e. The molecule has 6 heteroatoms. The van der Waals surface area contributed by atoms with Crippen molar-refractivity contribution in [3.05, 3.63) is 112 Å². The molecule has 0 saturated heterocycles. The molecule has 1 aliphatic rings. The Bertz CT molecular complexity index is 1320. The second-order valence-electron chi connectivity index (χ2n) is 7.09. The Morgan fingerprint density at radius 3 is 2.47 bits per heavy atom. The summed E-state index contributed by atoms with van der Waals surface area (Å²) in [5, 5.41) is 1.05. The molecule has 5 rings (SSSR count). The predicted octanol–water partition coefficient (Wildman–Crippen LogP) is 5.56. The summed E-state index contributed by atoms with van der Waals surface area (Å²) in [5.74, 6) is -0.953. The van der Waals surface area contributed by atoms with Gasteiger partial charge in [-0.1, -0.05) is 76.6 Å². The minimum atomic E-state index is -0.499. The average molecular weight is 487 g/mol. The summed E-state index contributed by atoms with van der Waals surface area (Å²) >= 11 is 3.28. The second kappa shape index (κ2) is 9.66. The zero-order valence-corrected chi connectivity index (χ0v) is 18.8. The molecule has 2 heterocycles. The highest BCUT2D eigenvalue weighted by molar-refractivity contribution is 9.10. The van der Waals surface area contributed by atoms with Crippen LogP contribution in [-0.4, -0.2) is 30.2 Å². The Morgan fingerprint density at radius 1 is 0.938 bits per heavy atom. The van der Waals surface area contributed by atoms with Gasteiger partial charge in [0.1, 0.15) is 5.92 Å². The van der Waals surface area contributed by atoms with Crippen molar-refractivity contribution in [2.45, 2.75) is 5.92 Å². The van der Waals surface area contributed by atoms with E-state index in [0.717, 1.165) is 26.5 Å². The van der Waals surface area contributed by atoms with Gasteiger partial charge in [0, 0.05) is 21.6 Å². The van der Waals surface area contributed by atoms with E-state index < -0.39 is 5.92 Å². The van der Waals surface area contributed by atoms with Gasteiger partial charge >= 0.3 is 5.97 Å². The number of hydrogen-bond acceptors (Lipinski definition) is 4. The molecule has 0 bridgehead atoms. The number of pyridine rings is 1. The zero-order chi connectivity index (χ0) is 22.5. The Morgan fingerprint density at radius 2 is 1.69 bits per heavy atom. The number of carbonyl (C=O) groups is 2. The number of carbonyl (C=O) groups excluding carboxylic acids is 2. The van der Waals surface area contributed by atoms with E-state index in [1.165, 1.54) is 7.11 Å². The van der Waals surface area contributed by atoms with Crippen LogP contribution in [0.1, 0.15) is 33.1 Å². The third-order valence-electron chi connectivity index (χ3n) is 5.05. The minimum absolute atomic E-state index is 0.152. The molecule has 0 spiro atoms. The summed E-state index contributed by atoms with van der Waals surface area (Å²) in [6, 6.07) is 26.8. The van der Waals surface area contributed by atoms with Crippen molar-refractivity contribution in [2.75, 3.05) is 7.11 Å². The molecule has 1 aromatic heterocycles. The lowest BCUT2D eigenvalue weighted by molar-refractivity contribution is -0.141. The number of rotatable bonds is 3. The van der Waals surface area contributed by atoms with Crippen LogP contribution >= 0.6 is 15.9 Å². The second-order valence-corrected chi connectivity index (χ2v) is 8.01. The number of hydrogen-bond donors (Lipinski definition) is 0. The number of benzene rings is 3. The Kier molecular flexibility index (Phi) is 6.52. The van der Waals surface area contributed by atoms with Gasteiger partial charge in [0.2, 0.25) is 0 Å². The van der Waals surface area contributed by atoms with Crippen LogP contribution < -0.4 is 0 Å². The summed E-state index contributed by atoms with van der Waals surface area (Å²) in [6.45, 7) is 0. The minimum Gasteiger partial charge on any atom is -0.468 e. The molecule has 0 radical (unpaired) electrons. The molecule has 3 aromatic carbocycles. The monoisotopic (exact) mass is 486 g/mol. The van der Waals surface area contributed by atoms with E-state index in [1.807, 2.05) is 78.9 Å². The maximum absolute atomic E-state index is 12.2. The number of aromatic nitrogens is 1. The summed E-state index contributed by atoms with van der Waals surface area (Å²) in [7, 11) is 1.40. The summed E-state index contributed by atoms with van der Waals surface area (Å²) < 4.78 is 5.87. The molecular weight excluding hydrogens is 468 g/mol. The number of fused-ring (bicyclic) bond motifs is 2. The van der Waals surface area contributed by atoms with Crippen LogP contribution in [-0.2, 0) is 9.53 Å². The third-order valence-corrected chi connectivity index (χ3v) is 5.55. The van der Waals surface area contributed by atoms with Gasteiger partial charge in [0.15, 0.2) is 0 Å². The van der Waals surface area contributed by atoms with Gasteiger partial charge in [-0.2, -0.15) is 0 Å². The van der Waals surface area contributed by atoms with Crippen molar-refractivity contribution in [3.63, 3.8) is 0 Å². The highest BCUT2D eigenvalue weighted by Crippen LogP contribution is 2.26. The highest BCUT2D eigenvalue weighted by Gasteiger charge is 2.25. The number of methoxy groups -OCH3 is 1. The Hall–Kier alpha value is -3.64. The first kappa shape index (κ1) is 21.6. The van der Waals surface area contributed by atoms with Crippen LogP contribution in [0.3, 0.4) is 0 Å². The first-order chi connectivity index (χ1) is 15.6. The molecule has 4 aromatic rings. The quantitative estimate of drug-likeness (QED) is 0.355. The smallest absolute Gasteiger partial charge is 0.319 e. The number of halogens is 1. The van der Waals surface area contributed by atoms with E-state index in [0.29, 0.717) is 11.3 Å². The highest BCUT2D eigenvalue weighted by atomic mass is 79.9. The third kappa shape index (κ3) is 4.65. The molecule has 1 amide bonds. The molecule has 0 unspecified atom stereocenters. The number of para-hydroxylation sites is 1. The summed E-state index contributed by atoms with van der Waals surface area (Å²) in [4.78, 5) is 31.5. The zero-order valence-electron chi connectivity index (χ0n) is 17.2. The Labute approximate surface area is 193 Å². The van der Waals surface area contributed by atoms with Gasteiger partial charge in [0.25, 0.3) is 5.91 Å². The van der Waals surface area contributed by atoms with Crippen molar-refractivity contribution in [2.24, 2.45) is 4.99 Å². The molecule has 0 aliphatic carbocycles. The fourth-order valence-corrected chi connectivity index (χ4v) is 3.82. The lowest BCUT2D eigenvalue weighted by Gasteiger charge is -2.15. The maximum Gasteiger partial charge on any atom is 0.319 e. The fourth-order valence-electron chi connectivity index (χ4n) is 3.46. The molecule has 0 fully saturated rings. The number of esters is 1. The van der Waals surface area contributed by atoms with E-state index in [9.17, 15) is 9.59 Å². The molecule has 5 nitrogen and oxygen atoms in total. The van der Waals surface area contributed by atoms with Crippen LogP contribution in [0.25, 0.3) is 10.9 Å². The Balaban J connectivity index is 0.000000186. The van der Waals surface area contributed by atoms with E-state index in [2.05, 4.69) is 25.9 Å². The van der Waals surface area contributed by atoms with Gasteiger partial charge in [-0.05, 0) is 29.8 Å². The standard InChI is InChI=1S/C18H15NO2.C8H4BrNO/c1-21-18(20)17(14-8-3-2-4-9-14)16-12-11-13-7-5-6-10-15(13)19-16;9-6-2-1-5-4-10-8(11)7(5)3-6/h2-12,17H,1H3;1-4H/t17-;/m0./s1. The molecule has 1 atom stereocenters. The van der Waals surface area contributed by atoms with Crippen molar-refractivity contribution in [1.82, 2.24) is 4.98 Å². The van der Waals surface area contributed by atoms with E-state index in [1.54, 1.807) is 12.3 Å². The normalized spacial score (nSPS) is 12.6. The van der Waals surface area contributed by atoms with Gasteiger partial charge in [-0.25, -0.2) is 4.99 Å². The summed E-state index contributed by atoms with van der Waals surface area (Å²) in [6.07, 6.45) is 1.59. The summed E-state index contributed by atoms with van der Waals surface area (Å²) in [5.41, 5.74) is 4.04.